The standard InChI is InChI=1S/C15H24N2O.2ClH/c1-11(2)7-8-17(4)10-13-6-5-12(3)9-14(13)15(16)18;;/h5-6,9,11H,7-8,10H2,1-4H3,(H2,16,18);2*1H. The van der Waals surface area contributed by atoms with Gasteiger partial charge in [-0.25, -0.2) is 0 Å². The van der Waals surface area contributed by atoms with Crippen LogP contribution in [0.4, 0.5) is 0 Å². The summed E-state index contributed by atoms with van der Waals surface area (Å²) in [6.07, 6.45) is 1.16. The van der Waals surface area contributed by atoms with E-state index in [2.05, 4.69) is 25.8 Å². The summed E-state index contributed by atoms with van der Waals surface area (Å²) in [5.74, 6) is 0.354. The Morgan fingerprint density at radius 3 is 2.40 bits per heavy atom. The van der Waals surface area contributed by atoms with Crippen LogP contribution in [-0.2, 0) is 6.54 Å². The van der Waals surface area contributed by atoms with Crippen LogP contribution < -0.4 is 5.73 Å². The third-order valence-electron chi connectivity index (χ3n) is 3.06. The molecule has 1 aromatic carbocycles. The molecule has 0 atom stereocenters. The number of nitrogens with two attached hydrogens (primary N) is 1. The molecule has 20 heavy (non-hydrogen) atoms. The molecule has 3 nitrogen and oxygen atoms in total. The zero-order chi connectivity index (χ0) is 13.7. The molecule has 0 saturated carbocycles. The zero-order valence-corrected chi connectivity index (χ0v) is 14.3. The first kappa shape index (κ1) is 21.5. The van der Waals surface area contributed by atoms with Crippen molar-refractivity contribution in [3.8, 4) is 0 Å². The fraction of sp³-hybridized carbons (Fsp3) is 0.533. The average molecular weight is 321 g/mol. The molecular weight excluding hydrogens is 295 g/mol. The number of halogens is 2. The first-order chi connectivity index (χ1) is 8.40. The quantitative estimate of drug-likeness (QED) is 0.873. The molecule has 0 spiro atoms. The SMILES string of the molecule is Cc1ccc(CN(C)CCC(C)C)c(C(N)=O)c1.Cl.Cl. The largest absolute Gasteiger partial charge is 0.366 e. The van der Waals surface area contributed by atoms with Gasteiger partial charge in [0.15, 0.2) is 0 Å². The normalized spacial score (nSPS) is 10.1. The highest BCUT2D eigenvalue weighted by Gasteiger charge is 2.10. The van der Waals surface area contributed by atoms with Crippen LogP contribution in [0, 0.1) is 12.8 Å². The Labute approximate surface area is 134 Å². The van der Waals surface area contributed by atoms with Gasteiger partial charge in [0.2, 0.25) is 5.91 Å². The molecule has 0 aliphatic carbocycles. The van der Waals surface area contributed by atoms with Crippen LogP contribution >= 0.6 is 24.8 Å². The number of carbonyl (C=O) groups excluding carboxylic acids is 1. The average Bonchev–Trinajstić information content (AvgIpc) is 2.28. The van der Waals surface area contributed by atoms with Gasteiger partial charge in [-0.15, -0.1) is 24.8 Å². The lowest BCUT2D eigenvalue weighted by Crippen LogP contribution is -2.23. The lowest BCUT2D eigenvalue weighted by atomic mass is 10.0. The molecule has 0 saturated heterocycles. The first-order valence-corrected chi connectivity index (χ1v) is 6.48. The topological polar surface area (TPSA) is 46.3 Å². The minimum absolute atomic E-state index is 0. The monoisotopic (exact) mass is 320 g/mol. The molecule has 1 amide bonds. The lowest BCUT2D eigenvalue weighted by molar-refractivity contribution is 0.0998. The van der Waals surface area contributed by atoms with Crippen molar-refractivity contribution in [2.45, 2.75) is 33.7 Å². The van der Waals surface area contributed by atoms with Crippen LogP contribution in [0.5, 0.6) is 0 Å². The number of rotatable bonds is 6. The second-order valence-electron chi connectivity index (χ2n) is 5.45. The van der Waals surface area contributed by atoms with Crippen molar-refractivity contribution in [1.82, 2.24) is 4.90 Å². The molecule has 116 valence electrons. The Morgan fingerprint density at radius 1 is 1.30 bits per heavy atom. The summed E-state index contributed by atoms with van der Waals surface area (Å²) in [6, 6.07) is 5.90. The zero-order valence-electron chi connectivity index (χ0n) is 12.7. The van der Waals surface area contributed by atoms with Crippen molar-refractivity contribution >= 4 is 30.7 Å². The van der Waals surface area contributed by atoms with Crippen LogP contribution in [0.2, 0.25) is 0 Å². The smallest absolute Gasteiger partial charge is 0.249 e. The Kier molecular flexibility index (Phi) is 10.8. The number of aryl methyl sites for hydroxylation is 1. The number of benzene rings is 1. The van der Waals surface area contributed by atoms with Crippen molar-refractivity contribution < 1.29 is 4.79 Å². The van der Waals surface area contributed by atoms with Crippen molar-refractivity contribution in [2.24, 2.45) is 11.7 Å². The summed E-state index contributed by atoms with van der Waals surface area (Å²) in [5.41, 5.74) is 8.15. The maximum absolute atomic E-state index is 11.4. The molecular formula is C15H26Cl2N2O. The van der Waals surface area contributed by atoms with Gasteiger partial charge in [-0.1, -0.05) is 31.5 Å². The third-order valence-corrected chi connectivity index (χ3v) is 3.06. The number of amides is 1. The Hall–Kier alpha value is -0.770. The summed E-state index contributed by atoms with van der Waals surface area (Å²) in [7, 11) is 2.08. The van der Waals surface area contributed by atoms with Gasteiger partial charge in [-0.05, 0) is 44.5 Å². The second-order valence-corrected chi connectivity index (χ2v) is 5.45. The van der Waals surface area contributed by atoms with Gasteiger partial charge in [-0.3, -0.25) is 4.79 Å². The number of hydrogen-bond acceptors (Lipinski definition) is 2. The van der Waals surface area contributed by atoms with Crippen LogP contribution in [0.3, 0.4) is 0 Å². The van der Waals surface area contributed by atoms with Crippen molar-refractivity contribution in [3.05, 3.63) is 34.9 Å². The second kappa shape index (κ2) is 10.0. The molecule has 0 radical (unpaired) electrons. The van der Waals surface area contributed by atoms with Crippen LogP contribution in [0.15, 0.2) is 18.2 Å². The highest BCUT2D eigenvalue weighted by molar-refractivity contribution is 5.94. The number of nitrogens with zero attached hydrogens (tertiary/aromatic N) is 1. The van der Waals surface area contributed by atoms with Crippen LogP contribution in [0.1, 0.15) is 41.8 Å². The van der Waals surface area contributed by atoms with Gasteiger partial charge < -0.3 is 10.6 Å². The van der Waals surface area contributed by atoms with E-state index in [1.807, 2.05) is 25.1 Å². The molecule has 0 aliphatic heterocycles. The highest BCUT2D eigenvalue weighted by Crippen LogP contribution is 2.14. The number of carbonyl (C=O) groups is 1. The van der Waals surface area contributed by atoms with Crippen molar-refractivity contribution in [3.63, 3.8) is 0 Å². The molecule has 0 aliphatic rings. The van der Waals surface area contributed by atoms with E-state index in [1.54, 1.807) is 0 Å². The summed E-state index contributed by atoms with van der Waals surface area (Å²) in [6.45, 7) is 8.21. The lowest BCUT2D eigenvalue weighted by Gasteiger charge is -2.19. The Morgan fingerprint density at radius 2 is 1.90 bits per heavy atom. The van der Waals surface area contributed by atoms with E-state index in [9.17, 15) is 4.79 Å². The molecule has 0 unspecified atom stereocenters. The van der Waals surface area contributed by atoms with Gasteiger partial charge in [-0.2, -0.15) is 0 Å². The summed E-state index contributed by atoms with van der Waals surface area (Å²) in [4.78, 5) is 13.7. The van der Waals surface area contributed by atoms with E-state index in [0.29, 0.717) is 11.5 Å². The summed E-state index contributed by atoms with van der Waals surface area (Å²) in [5, 5.41) is 0. The van der Waals surface area contributed by atoms with Gasteiger partial charge in [0.05, 0.1) is 0 Å². The van der Waals surface area contributed by atoms with E-state index in [1.165, 1.54) is 0 Å². The Bertz CT molecular complexity index is 422. The predicted octanol–water partition coefficient (Wildman–Crippen LogP) is 3.42. The highest BCUT2D eigenvalue weighted by atomic mass is 35.5. The van der Waals surface area contributed by atoms with E-state index in [0.717, 1.165) is 30.6 Å². The van der Waals surface area contributed by atoms with E-state index in [-0.39, 0.29) is 30.7 Å². The number of primary amides is 1. The minimum atomic E-state index is -0.342. The maximum Gasteiger partial charge on any atom is 0.249 e. The molecule has 0 aromatic heterocycles. The van der Waals surface area contributed by atoms with E-state index < -0.39 is 0 Å². The fourth-order valence-electron chi connectivity index (χ4n) is 1.91. The summed E-state index contributed by atoms with van der Waals surface area (Å²) >= 11 is 0. The molecule has 1 rings (SSSR count). The molecule has 2 N–H and O–H groups in total. The van der Waals surface area contributed by atoms with Gasteiger partial charge in [0.25, 0.3) is 0 Å². The predicted molar refractivity (Wildman–Crippen MR) is 90.0 cm³/mol. The molecule has 1 aromatic rings. The molecule has 0 fully saturated rings. The summed E-state index contributed by atoms with van der Waals surface area (Å²) < 4.78 is 0. The molecule has 5 heteroatoms. The fourth-order valence-corrected chi connectivity index (χ4v) is 1.91. The first-order valence-electron chi connectivity index (χ1n) is 6.48. The van der Waals surface area contributed by atoms with Crippen molar-refractivity contribution in [2.75, 3.05) is 13.6 Å². The molecule has 0 bridgehead atoms. The molecule has 0 heterocycles. The van der Waals surface area contributed by atoms with Crippen LogP contribution in [0.25, 0.3) is 0 Å². The van der Waals surface area contributed by atoms with Crippen molar-refractivity contribution in [1.29, 1.82) is 0 Å². The van der Waals surface area contributed by atoms with Crippen LogP contribution in [-0.4, -0.2) is 24.4 Å². The van der Waals surface area contributed by atoms with E-state index >= 15 is 0 Å². The maximum atomic E-state index is 11.4. The van der Waals surface area contributed by atoms with Gasteiger partial charge in [0.1, 0.15) is 0 Å². The van der Waals surface area contributed by atoms with Gasteiger partial charge >= 0.3 is 0 Å². The third kappa shape index (κ3) is 7.13. The number of hydrogen-bond donors (Lipinski definition) is 1. The Balaban J connectivity index is 0. The van der Waals surface area contributed by atoms with E-state index in [4.69, 9.17) is 5.73 Å². The van der Waals surface area contributed by atoms with Gasteiger partial charge in [0, 0.05) is 12.1 Å². The minimum Gasteiger partial charge on any atom is -0.366 e.